The summed E-state index contributed by atoms with van der Waals surface area (Å²) in [5.41, 5.74) is 0.861. The summed E-state index contributed by atoms with van der Waals surface area (Å²) in [6.07, 6.45) is 3.43. The third-order valence-corrected chi connectivity index (χ3v) is 6.19. The highest BCUT2D eigenvalue weighted by atomic mass is 32.2. The van der Waals surface area contributed by atoms with Gasteiger partial charge in [-0.15, -0.1) is 23.5 Å². The summed E-state index contributed by atoms with van der Waals surface area (Å²) in [4.78, 5) is 24.4. The lowest BCUT2D eigenvalue weighted by Crippen LogP contribution is -2.37. The molecule has 2 aliphatic rings. The molecule has 0 aromatic rings. The van der Waals surface area contributed by atoms with Gasteiger partial charge >= 0.3 is 5.97 Å². The number of fused-ring (bicyclic) bond motifs is 1. The number of allylic oxidation sites excluding steroid dienone is 1. The summed E-state index contributed by atoms with van der Waals surface area (Å²) in [6.45, 7) is 6.42. The Kier molecular flexibility index (Phi) is 4.35. The van der Waals surface area contributed by atoms with E-state index in [-0.39, 0.29) is 28.3 Å². The zero-order valence-corrected chi connectivity index (χ0v) is 13.5. The van der Waals surface area contributed by atoms with Crippen molar-refractivity contribution in [3.8, 4) is 0 Å². The molecule has 0 radical (unpaired) electrons. The van der Waals surface area contributed by atoms with Crippen LogP contribution in [0.1, 0.15) is 33.6 Å². The first kappa shape index (κ1) is 15.0. The van der Waals surface area contributed by atoms with E-state index in [1.807, 2.05) is 13.2 Å². The highest BCUT2D eigenvalue weighted by molar-refractivity contribution is 8.22. The third kappa shape index (κ3) is 2.87. The number of ether oxygens (including phenoxy) is 1. The normalized spacial score (nSPS) is 29.4. The smallest absolute Gasteiger partial charge is 0.320 e. The van der Waals surface area contributed by atoms with Crippen LogP contribution in [0.15, 0.2) is 9.81 Å². The number of hydrogen-bond acceptors (Lipinski definition) is 5. The lowest BCUT2D eigenvalue weighted by molar-refractivity contribution is -0.143. The van der Waals surface area contributed by atoms with Crippen LogP contribution < -0.4 is 0 Å². The molecule has 1 heterocycles. The zero-order valence-electron chi connectivity index (χ0n) is 11.8. The van der Waals surface area contributed by atoms with E-state index < -0.39 is 0 Å². The number of ketones is 1. The van der Waals surface area contributed by atoms with E-state index in [1.165, 1.54) is 11.8 Å². The molecule has 0 aromatic carbocycles. The molecule has 0 spiro atoms. The van der Waals surface area contributed by atoms with E-state index in [0.717, 1.165) is 16.2 Å². The molecular weight excluding hydrogens is 280 g/mol. The fraction of sp³-hybridized carbons (Fsp3) is 0.714. The van der Waals surface area contributed by atoms with E-state index in [0.29, 0.717) is 13.0 Å². The highest BCUT2D eigenvalue weighted by Gasteiger charge is 2.49. The van der Waals surface area contributed by atoms with Crippen LogP contribution >= 0.6 is 23.5 Å². The second-order valence-electron chi connectivity index (χ2n) is 5.77. The van der Waals surface area contributed by atoms with Crippen molar-refractivity contribution < 1.29 is 14.3 Å². The third-order valence-electron chi connectivity index (χ3n) is 3.61. The number of esters is 1. The Hall–Kier alpha value is -0.420. The molecule has 1 fully saturated rings. The molecule has 1 aliphatic carbocycles. The first-order valence-corrected chi connectivity index (χ1v) is 8.64. The maximum absolute atomic E-state index is 12.4. The molecule has 3 nitrogen and oxygen atoms in total. The van der Waals surface area contributed by atoms with Crippen LogP contribution in [0.4, 0.5) is 0 Å². The Morgan fingerprint density at radius 3 is 2.79 bits per heavy atom. The molecule has 0 amide bonds. The summed E-state index contributed by atoms with van der Waals surface area (Å²) < 4.78 is 6.18. The molecule has 0 N–H and O–H groups in total. The Bertz CT molecular complexity index is 440. The minimum absolute atomic E-state index is 0.0234. The van der Waals surface area contributed by atoms with Crippen molar-refractivity contribution in [1.29, 1.82) is 0 Å². The van der Waals surface area contributed by atoms with Crippen LogP contribution in [0.5, 0.6) is 0 Å². The van der Waals surface area contributed by atoms with E-state index in [2.05, 4.69) is 13.8 Å². The molecule has 2 unspecified atom stereocenters. The van der Waals surface area contributed by atoms with Crippen molar-refractivity contribution in [2.45, 2.75) is 38.9 Å². The van der Waals surface area contributed by atoms with Crippen molar-refractivity contribution in [3.05, 3.63) is 9.81 Å². The van der Waals surface area contributed by atoms with Gasteiger partial charge in [-0.05, 0) is 25.0 Å². The Balaban J connectivity index is 2.30. The van der Waals surface area contributed by atoms with Crippen molar-refractivity contribution in [2.24, 2.45) is 11.3 Å². The first-order chi connectivity index (χ1) is 8.89. The summed E-state index contributed by atoms with van der Waals surface area (Å²) >= 11 is 3.09. The molecular formula is C14H20O3S2. The quantitative estimate of drug-likeness (QED) is 0.749. The Labute approximate surface area is 122 Å². The minimum Gasteiger partial charge on any atom is -0.465 e. The second-order valence-corrected chi connectivity index (χ2v) is 8.00. The van der Waals surface area contributed by atoms with Gasteiger partial charge in [0.25, 0.3) is 0 Å². The molecule has 0 bridgehead atoms. The van der Waals surface area contributed by atoms with Gasteiger partial charge in [0.05, 0.1) is 6.61 Å². The van der Waals surface area contributed by atoms with Crippen LogP contribution in [-0.4, -0.2) is 29.9 Å². The first-order valence-electron chi connectivity index (χ1n) is 6.54. The van der Waals surface area contributed by atoms with Gasteiger partial charge in [-0.2, -0.15) is 0 Å². The molecule has 0 saturated heterocycles. The number of carbonyl (C=O) groups is 2. The number of carbonyl (C=O) groups excluding carboxylic acids is 2. The lowest BCUT2D eigenvalue weighted by Gasteiger charge is -2.35. The molecule has 106 valence electrons. The van der Waals surface area contributed by atoms with Crippen LogP contribution in [0.2, 0.25) is 0 Å². The molecule has 5 heteroatoms. The molecule has 2 rings (SSSR count). The summed E-state index contributed by atoms with van der Waals surface area (Å²) in [7, 11) is 0. The average Bonchev–Trinajstić information content (AvgIpc) is 2.66. The SMILES string of the molecule is CCOC(=O)C1SC(SC)=C2C(=O)CC(C)(C)CC21. The Morgan fingerprint density at radius 1 is 1.53 bits per heavy atom. The van der Waals surface area contributed by atoms with Crippen molar-refractivity contribution in [1.82, 2.24) is 0 Å². The summed E-state index contributed by atoms with van der Waals surface area (Å²) in [5, 5.41) is -0.235. The maximum atomic E-state index is 12.4. The van der Waals surface area contributed by atoms with Crippen LogP contribution in [0.25, 0.3) is 0 Å². The van der Waals surface area contributed by atoms with E-state index in [4.69, 9.17) is 4.74 Å². The van der Waals surface area contributed by atoms with Crippen LogP contribution in [0, 0.1) is 11.3 Å². The molecule has 2 atom stereocenters. The largest absolute Gasteiger partial charge is 0.465 e. The molecule has 1 aliphatic heterocycles. The highest BCUT2D eigenvalue weighted by Crippen LogP contribution is 2.54. The number of rotatable bonds is 3. The topological polar surface area (TPSA) is 43.4 Å². The number of Topliss-reactive ketones (excluding diaryl/α,β-unsaturated/α-hetero) is 1. The standard InChI is InChI=1S/C14H20O3S2/c1-5-17-12(16)11-8-6-14(2,3)7-9(15)10(8)13(18-4)19-11/h8,11H,5-7H2,1-4H3. The van der Waals surface area contributed by atoms with Crippen LogP contribution in [0.3, 0.4) is 0 Å². The van der Waals surface area contributed by atoms with Gasteiger partial charge in [0.15, 0.2) is 5.78 Å². The van der Waals surface area contributed by atoms with Gasteiger partial charge in [0, 0.05) is 22.1 Å². The van der Waals surface area contributed by atoms with E-state index in [1.54, 1.807) is 11.8 Å². The van der Waals surface area contributed by atoms with Gasteiger partial charge in [-0.1, -0.05) is 13.8 Å². The fourth-order valence-corrected chi connectivity index (χ4v) is 5.25. The van der Waals surface area contributed by atoms with Gasteiger partial charge in [0.2, 0.25) is 0 Å². The fourth-order valence-electron chi connectivity index (χ4n) is 2.89. The second kappa shape index (κ2) is 5.52. The lowest BCUT2D eigenvalue weighted by atomic mass is 9.68. The van der Waals surface area contributed by atoms with Gasteiger partial charge in [0.1, 0.15) is 5.25 Å². The molecule has 19 heavy (non-hydrogen) atoms. The van der Waals surface area contributed by atoms with Crippen molar-refractivity contribution in [3.63, 3.8) is 0 Å². The summed E-state index contributed by atoms with van der Waals surface area (Å²) in [6, 6.07) is 0. The average molecular weight is 300 g/mol. The van der Waals surface area contributed by atoms with E-state index in [9.17, 15) is 9.59 Å². The van der Waals surface area contributed by atoms with Gasteiger partial charge < -0.3 is 4.74 Å². The number of hydrogen-bond donors (Lipinski definition) is 0. The predicted octanol–water partition coefficient (Wildman–Crippen LogP) is 3.24. The van der Waals surface area contributed by atoms with Gasteiger partial charge in [-0.25, -0.2) is 0 Å². The Morgan fingerprint density at radius 2 is 2.21 bits per heavy atom. The van der Waals surface area contributed by atoms with Crippen LogP contribution in [-0.2, 0) is 14.3 Å². The zero-order chi connectivity index (χ0) is 14.2. The van der Waals surface area contributed by atoms with E-state index >= 15 is 0 Å². The molecule has 0 aromatic heterocycles. The van der Waals surface area contributed by atoms with Crippen molar-refractivity contribution >= 4 is 35.3 Å². The van der Waals surface area contributed by atoms with Crippen molar-refractivity contribution in [2.75, 3.05) is 12.9 Å². The minimum atomic E-state index is -0.235. The number of thioether (sulfide) groups is 2. The summed E-state index contributed by atoms with van der Waals surface area (Å²) in [5.74, 6) is 0.0669. The maximum Gasteiger partial charge on any atom is 0.320 e. The predicted molar refractivity (Wildman–Crippen MR) is 80.1 cm³/mol. The van der Waals surface area contributed by atoms with Gasteiger partial charge in [-0.3, -0.25) is 9.59 Å². The monoisotopic (exact) mass is 300 g/mol. The molecule has 1 saturated carbocycles.